The summed E-state index contributed by atoms with van der Waals surface area (Å²) in [6, 6.07) is 0. The second-order valence-electron chi connectivity index (χ2n) is 14.2. The van der Waals surface area contributed by atoms with Crippen molar-refractivity contribution >= 4 is 17.7 Å². The molecule has 2 heterocycles. The molecule has 6 rings (SSSR count). The average molecular weight is 573 g/mol. The predicted octanol–water partition coefficient (Wildman–Crippen LogP) is 5.07. The maximum absolute atomic E-state index is 12.3. The number of nitro groups is 1. The van der Waals surface area contributed by atoms with Crippen molar-refractivity contribution in [3.8, 4) is 0 Å². The smallest absolute Gasteiger partial charge is 0.302 e. The van der Waals surface area contributed by atoms with Crippen molar-refractivity contribution in [1.29, 1.82) is 0 Å². The SMILES string of the molecule is CC(=O)OC1CC2=CCC3C4CC5O[C@@]6(OC[C@@H](C)C/C6=N\[N+](=O)[O-])[C@@H](C)C5C4(C)CCC3C2(C)C(OC(C)=O)C1. The van der Waals surface area contributed by atoms with E-state index in [1.54, 1.807) is 0 Å². The average Bonchev–Trinajstić information content (AvgIpc) is 3.32. The Morgan fingerprint density at radius 2 is 1.83 bits per heavy atom. The summed E-state index contributed by atoms with van der Waals surface area (Å²) in [4.78, 5) is 35.5. The normalized spacial score (nSPS) is 49.4. The summed E-state index contributed by atoms with van der Waals surface area (Å²) in [5.41, 5.74) is 1.35. The van der Waals surface area contributed by atoms with Crippen molar-refractivity contribution in [3.63, 3.8) is 0 Å². The van der Waals surface area contributed by atoms with Crippen molar-refractivity contribution < 1.29 is 33.6 Å². The van der Waals surface area contributed by atoms with E-state index in [0.717, 1.165) is 25.7 Å². The van der Waals surface area contributed by atoms with Crippen LogP contribution in [0.5, 0.6) is 0 Å². The summed E-state index contributed by atoms with van der Waals surface area (Å²) in [6.45, 7) is 12.2. The maximum atomic E-state index is 12.3. The highest BCUT2D eigenvalue weighted by Gasteiger charge is 2.71. The Morgan fingerprint density at radius 3 is 2.51 bits per heavy atom. The molecule has 1 spiro atoms. The number of nitrogens with zero attached hydrogens (tertiary/aromatic N) is 2. The number of rotatable bonds is 3. The molecule has 226 valence electrons. The minimum Gasteiger partial charge on any atom is -0.462 e. The third kappa shape index (κ3) is 4.29. The van der Waals surface area contributed by atoms with Gasteiger partial charge in [0.15, 0.2) is 10.7 Å². The highest BCUT2D eigenvalue weighted by molar-refractivity contribution is 5.92. The summed E-state index contributed by atoms with van der Waals surface area (Å²) >= 11 is 0. The van der Waals surface area contributed by atoms with E-state index in [2.05, 4.69) is 31.9 Å². The molecule has 12 atom stereocenters. The molecule has 6 aliphatic rings. The first-order valence-electron chi connectivity index (χ1n) is 15.4. The summed E-state index contributed by atoms with van der Waals surface area (Å²) in [5.74, 6) is -0.279. The largest absolute Gasteiger partial charge is 0.462 e. The van der Waals surface area contributed by atoms with E-state index in [9.17, 15) is 19.7 Å². The highest BCUT2D eigenvalue weighted by Crippen LogP contribution is 2.70. The van der Waals surface area contributed by atoms with Gasteiger partial charge in [0.05, 0.1) is 17.8 Å². The molecule has 41 heavy (non-hydrogen) atoms. The minimum absolute atomic E-state index is 0.00548. The molecule has 0 N–H and O–H groups in total. The molecule has 0 aromatic heterocycles. The molecule has 0 aromatic carbocycles. The topological polar surface area (TPSA) is 127 Å². The van der Waals surface area contributed by atoms with Gasteiger partial charge in [0.2, 0.25) is 5.79 Å². The van der Waals surface area contributed by atoms with Crippen LogP contribution in [0, 0.1) is 56.5 Å². The molecule has 0 bridgehead atoms. The molecule has 4 aliphatic carbocycles. The van der Waals surface area contributed by atoms with Crippen molar-refractivity contribution in [2.24, 2.45) is 51.4 Å². The van der Waals surface area contributed by atoms with Crippen molar-refractivity contribution in [2.75, 3.05) is 6.61 Å². The van der Waals surface area contributed by atoms with E-state index in [4.69, 9.17) is 18.9 Å². The molecule has 3 saturated carbocycles. The molecule has 5 fully saturated rings. The molecule has 2 saturated heterocycles. The fraction of sp³-hybridized carbons (Fsp3) is 0.839. The summed E-state index contributed by atoms with van der Waals surface area (Å²) in [7, 11) is 0. The van der Waals surface area contributed by atoms with Gasteiger partial charge in [-0.3, -0.25) is 9.59 Å². The van der Waals surface area contributed by atoms with Gasteiger partial charge in [0.25, 0.3) is 0 Å². The molecule has 9 unspecified atom stereocenters. The fourth-order valence-electron chi connectivity index (χ4n) is 10.5. The van der Waals surface area contributed by atoms with Gasteiger partial charge in [-0.2, -0.15) is 0 Å². The summed E-state index contributed by atoms with van der Waals surface area (Å²) in [6.07, 6.45) is 7.19. The van der Waals surface area contributed by atoms with Gasteiger partial charge >= 0.3 is 11.9 Å². The number of hydrogen-bond donors (Lipinski definition) is 0. The first-order valence-corrected chi connectivity index (χ1v) is 15.4. The quantitative estimate of drug-likeness (QED) is 0.199. The lowest BCUT2D eigenvalue weighted by Crippen LogP contribution is -2.58. The van der Waals surface area contributed by atoms with Gasteiger partial charge < -0.3 is 18.9 Å². The highest BCUT2D eigenvalue weighted by atomic mass is 16.7. The van der Waals surface area contributed by atoms with Crippen LogP contribution in [0.1, 0.15) is 86.5 Å². The van der Waals surface area contributed by atoms with Gasteiger partial charge in [-0.25, -0.2) is 10.1 Å². The lowest BCUT2D eigenvalue weighted by atomic mass is 9.46. The second-order valence-corrected chi connectivity index (χ2v) is 14.2. The fourth-order valence-corrected chi connectivity index (χ4v) is 10.5. The van der Waals surface area contributed by atoms with Crippen LogP contribution >= 0.6 is 0 Å². The van der Waals surface area contributed by atoms with Crippen LogP contribution in [-0.2, 0) is 28.5 Å². The predicted molar refractivity (Wildman–Crippen MR) is 148 cm³/mol. The van der Waals surface area contributed by atoms with Gasteiger partial charge in [-0.05, 0) is 60.7 Å². The molecular weight excluding hydrogens is 528 g/mol. The Bertz CT molecular complexity index is 1200. The van der Waals surface area contributed by atoms with E-state index >= 15 is 0 Å². The minimum atomic E-state index is -1.12. The number of allylic oxidation sites excluding steroid dienone is 1. The van der Waals surface area contributed by atoms with Crippen LogP contribution in [0.15, 0.2) is 16.8 Å². The first kappa shape index (κ1) is 28.8. The van der Waals surface area contributed by atoms with Crippen LogP contribution in [0.25, 0.3) is 0 Å². The van der Waals surface area contributed by atoms with E-state index < -0.39 is 10.8 Å². The van der Waals surface area contributed by atoms with Gasteiger partial charge in [-0.1, -0.05) is 39.3 Å². The molecule has 0 amide bonds. The van der Waals surface area contributed by atoms with Gasteiger partial charge in [-0.15, -0.1) is 0 Å². The maximum Gasteiger partial charge on any atom is 0.302 e. The van der Waals surface area contributed by atoms with Crippen LogP contribution in [0.2, 0.25) is 0 Å². The Labute approximate surface area is 241 Å². The van der Waals surface area contributed by atoms with Gasteiger partial charge in [0.1, 0.15) is 12.2 Å². The Kier molecular flexibility index (Phi) is 6.92. The zero-order chi connectivity index (χ0) is 29.5. The molecule has 0 radical (unpaired) electrons. The van der Waals surface area contributed by atoms with Crippen LogP contribution in [0.4, 0.5) is 0 Å². The van der Waals surface area contributed by atoms with E-state index in [1.165, 1.54) is 19.4 Å². The number of hydrazone groups is 1. The Balaban J connectivity index is 1.30. The van der Waals surface area contributed by atoms with Crippen molar-refractivity contribution in [2.45, 2.75) is 111 Å². The molecule has 0 aromatic rings. The number of carbonyl (C=O) groups excluding carboxylic acids is 2. The van der Waals surface area contributed by atoms with E-state index in [-0.39, 0.29) is 58.8 Å². The van der Waals surface area contributed by atoms with Crippen LogP contribution in [0.3, 0.4) is 0 Å². The Morgan fingerprint density at radius 1 is 1.10 bits per heavy atom. The monoisotopic (exact) mass is 572 g/mol. The van der Waals surface area contributed by atoms with Gasteiger partial charge in [0, 0.05) is 44.4 Å². The second kappa shape index (κ2) is 9.86. The lowest BCUT2D eigenvalue weighted by Gasteiger charge is -2.60. The number of carbonyl (C=O) groups is 2. The zero-order valence-electron chi connectivity index (χ0n) is 25.1. The summed E-state index contributed by atoms with van der Waals surface area (Å²) < 4.78 is 24.8. The zero-order valence-corrected chi connectivity index (χ0v) is 25.1. The number of hydrogen-bond acceptors (Lipinski definition) is 8. The van der Waals surface area contributed by atoms with E-state index in [0.29, 0.717) is 49.3 Å². The van der Waals surface area contributed by atoms with Crippen LogP contribution in [-0.4, -0.2) is 53.4 Å². The third-order valence-corrected chi connectivity index (χ3v) is 12.0. The molecule has 2 aliphatic heterocycles. The van der Waals surface area contributed by atoms with E-state index in [1.807, 2.05) is 6.92 Å². The Hall–Kier alpha value is -2.33. The van der Waals surface area contributed by atoms with Crippen molar-refractivity contribution in [1.82, 2.24) is 0 Å². The molecular formula is C31H44N2O8. The molecule has 10 nitrogen and oxygen atoms in total. The number of fused-ring (bicyclic) bond motifs is 7. The lowest BCUT2D eigenvalue weighted by molar-refractivity contribution is -0.486. The third-order valence-electron chi connectivity index (χ3n) is 12.0. The van der Waals surface area contributed by atoms with Crippen LogP contribution < -0.4 is 0 Å². The summed E-state index contributed by atoms with van der Waals surface area (Å²) in [5, 5.41) is 14.7. The number of ether oxygens (including phenoxy) is 4. The number of esters is 2. The molecule has 10 heteroatoms. The first-order chi connectivity index (χ1) is 19.3. The standard InChI is InChI=1S/C31H44N2O8/c1-16-11-26(32-33(36)37)31(38-15-16)17(2)28-25(41-31)14-24-22-8-7-20-12-21(39-18(3)34)13-27(40-19(4)35)30(20,6)23(22)9-10-29(24,28)5/h7,16-17,21-25,27-28H,8-15H2,1-6H3/b32-26+/t16-,17-,21?,22?,23?,24?,25?,27?,28?,29?,30?,31-/m0/s1. The van der Waals surface area contributed by atoms with Crippen molar-refractivity contribution in [3.05, 3.63) is 21.8 Å².